The molecule has 1 aromatic rings. The van der Waals surface area contributed by atoms with Gasteiger partial charge in [-0.1, -0.05) is 36.9 Å². The molecule has 0 spiro atoms. The lowest BCUT2D eigenvalue weighted by Crippen LogP contribution is -1.76. The van der Waals surface area contributed by atoms with Crippen molar-refractivity contribution in [2.75, 3.05) is 0 Å². The summed E-state index contributed by atoms with van der Waals surface area (Å²) >= 11 is 0. The monoisotopic (exact) mass is 202 g/mol. The average Bonchev–Trinajstić information content (AvgIpc) is 2.30. The van der Waals surface area contributed by atoms with Gasteiger partial charge in [0.05, 0.1) is 0 Å². The molecular weight excluding hydrogens is 188 g/mol. The Morgan fingerprint density at radius 3 is 2.13 bits per heavy atom. The molecule has 0 fully saturated rings. The molecule has 0 radical (unpaired) electrons. The van der Waals surface area contributed by atoms with Crippen LogP contribution in [-0.4, -0.2) is 12.6 Å². The van der Waals surface area contributed by atoms with Crippen LogP contribution in [0.4, 0.5) is 0 Å². The molecule has 0 aliphatic heterocycles. The van der Waals surface area contributed by atoms with E-state index < -0.39 is 0 Å². The minimum atomic E-state index is 0.639. The van der Waals surface area contributed by atoms with Crippen molar-refractivity contribution >= 4 is 18.6 Å². The summed E-state index contributed by atoms with van der Waals surface area (Å²) in [5, 5.41) is 0. The molecule has 78 valence electrons. The summed E-state index contributed by atoms with van der Waals surface area (Å²) in [6, 6.07) is 9.78. The normalized spacial score (nSPS) is 9.53. The van der Waals surface area contributed by atoms with Crippen molar-refractivity contribution in [2.45, 2.75) is 6.92 Å². The van der Waals surface area contributed by atoms with Crippen LogP contribution in [0.15, 0.2) is 48.6 Å². The Bertz CT molecular complexity index is 331. The summed E-state index contributed by atoms with van der Waals surface area (Å²) in [7, 11) is 0. The fourth-order valence-corrected chi connectivity index (χ4v) is 0.846. The number of benzene rings is 1. The molecule has 0 heterocycles. The highest BCUT2D eigenvalue weighted by Crippen LogP contribution is 2.03. The van der Waals surface area contributed by atoms with Crippen LogP contribution < -0.4 is 0 Å². The zero-order valence-corrected chi connectivity index (χ0v) is 8.72. The Balaban J connectivity index is 0.000000423. The molecule has 1 rings (SSSR count). The summed E-state index contributed by atoms with van der Waals surface area (Å²) in [5.74, 6) is 0. The number of aldehydes is 2. The molecular formula is C13H14O2. The molecule has 2 heteroatoms. The summed E-state index contributed by atoms with van der Waals surface area (Å²) in [4.78, 5) is 19.3. The van der Waals surface area contributed by atoms with Gasteiger partial charge in [-0.15, -0.1) is 0 Å². The van der Waals surface area contributed by atoms with Crippen LogP contribution in [0.25, 0.3) is 6.08 Å². The average molecular weight is 202 g/mol. The molecule has 0 bridgehead atoms. The van der Waals surface area contributed by atoms with Crippen LogP contribution in [0.5, 0.6) is 0 Å². The summed E-state index contributed by atoms with van der Waals surface area (Å²) in [6.07, 6.45) is 4.54. The van der Waals surface area contributed by atoms with Crippen LogP contribution in [0.2, 0.25) is 0 Å². The standard InChI is InChI=1S/C10H10O.C3H4O/c1-9(8-11)7-10-5-3-2-4-6-10;1-2-3-4/h2-8H,1H3;2-3H,1H2. The SMILES string of the molecule is C=CC=O.CC(C=O)=Cc1ccccc1. The first kappa shape index (κ1) is 13.0. The molecule has 0 saturated carbocycles. The van der Waals surface area contributed by atoms with E-state index in [4.69, 9.17) is 4.79 Å². The third-order valence-corrected chi connectivity index (χ3v) is 1.48. The Kier molecular flexibility index (Phi) is 7.50. The van der Waals surface area contributed by atoms with Crippen LogP contribution in [-0.2, 0) is 9.59 Å². The van der Waals surface area contributed by atoms with Gasteiger partial charge in [0, 0.05) is 0 Å². The number of rotatable bonds is 3. The maximum Gasteiger partial charge on any atom is 0.145 e. The molecule has 0 aliphatic rings. The maximum absolute atomic E-state index is 10.2. The molecule has 0 aromatic heterocycles. The predicted molar refractivity (Wildman–Crippen MR) is 62.4 cm³/mol. The van der Waals surface area contributed by atoms with Crippen molar-refractivity contribution in [1.29, 1.82) is 0 Å². The van der Waals surface area contributed by atoms with Crippen molar-refractivity contribution in [3.63, 3.8) is 0 Å². The molecule has 0 aliphatic carbocycles. The van der Waals surface area contributed by atoms with Gasteiger partial charge in [-0.25, -0.2) is 0 Å². The highest BCUT2D eigenvalue weighted by molar-refractivity contribution is 5.80. The Morgan fingerprint density at radius 2 is 1.73 bits per heavy atom. The van der Waals surface area contributed by atoms with E-state index >= 15 is 0 Å². The number of carbonyl (C=O) groups is 2. The molecule has 15 heavy (non-hydrogen) atoms. The quantitative estimate of drug-likeness (QED) is 0.557. The highest BCUT2D eigenvalue weighted by Gasteiger charge is 1.85. The predicted octanol–water partition coefficient (Wildman–Crippen LogP) is 2.66. The number of carbonyl (C=O) groups excluding carboxylic acids is 2. The van der Waals surface area contributed by atoms with Gasteiger partial charge in [0.2, 0.25) is 0 Å². The van der Waals surface area contributed by atoms with Gasteiger partial charge in [0.15, 0.2) is 0 Å². The lowest BCUT2D eigenvalue weighted by molar-refractivity contribution is -0.105. The smallest absolute Gasteiger partial charge is 0.145 e. The van der Waals surface area contributed by atoms with Crippen molar-refractivity contribution < 1.29 is 9.59 Å². The molecule has 0 atom stereocenters. The Morgan fingerprint density at radius 1 is 1.20 bits per heavy atom. The molecule has 1 aromatic carbocycles. The Labute approximate surface area is 89.9 Å². The fraction of sp³-hybridized carbons (Fsp3) is 0.0769. The van der Waals surface area contributed by atoms with Crippen LogP contribution in [0.1, 0.15) is 12.5 Å². The van der Waals surface area contributed by atoms with E-state index in [-0.39, 0.29) is 0 Å². The van der Waals surface area contributed by atoms with E-state index in [0.717, 1.165) is 17.4 Å². The summed E-state index contributed by atoms with van der Waals surface area (Å²) in [5.41, 5.74) is 1.81. The Hall–Kier alpha value is -1.96. The number of allylic oxidation sites excluding steroid dienone is 2. The first-order valence-electron chi connectivity index (χ1n) is 4.49. The van der Waals surface area contributed by atoms with Gasteiger partial charge in [-0.05, 0) is 30.2 Å². The van der Waals surface area contributed by atoms with Crippen LogP contribution >= 0.6 is 0 Å². The van der Waals surface area contributed by atoms with Crippen molar-refractivity contribution in [1.82, 2.24) is 0 Å². The first-order valence-corrected chi connectivity index (χ1v) is 4.49. The molecule has 0 N–H and O–H groups in total. The minimum absolute atomic E-state index is 0.639. The zero-order chi connectivity index (χ0) is 11.5. The highest BCUT2D eigenvalue weighted by atomic mass is 16.1. The van der Waals surface area contributed by atoms with E-state index in [0.29, 0.717) is 6.29 Å². The number of hydrogen-bond donors (Lipinski definition) is 0. The van der Waals surface area contributed by atoms with E-state index in [2.05, 4.69) is 6.58 Å². The van der Waals surface area contributed by atoms with Crippen molar-refractivity contribution in [2.24, 2.45) is 0 Å². The van der Waals surface area contributed by atoms with Crippen molar-refractivity contribution in [3.05, 3.63) is 54.1 Å². The maximum atomic E-state index is 10.2. The lowest BCUT2D eigenvalue weighted by Gasteiger charge is -1.90. The third kappa shape index (κ3) is 7.14. The first-order chi connectivity index (χ1) is 7.24. The largest absolute Gasteiger partial charge is 0.299 e. The van der Waals surface area contributed by atoms with Gasteiger partial charge in [0.1, 0.15) is 12.6 Å². The molecule has 0 unspecified atom stereocenters. The topological polar surface area (TPSA) is 34.1 Å². The fourth-order valence-electron chi connectivity index (χ4n) is 0.846. The summed E-state index contributed by atoms with van der Waals surface area (Å²) < 4.78 is 0. The third-order valence-electron chi connectivity index (χ3n) is 1.48. The van der Waals surface area contributed by atoms with Gasteiger partial charge < -0.3 is 0 Å². The lowest BCUT2D eigenvalue weighted by atomic mass is 10.1. The second kappa shape index (κ2) is 8.63. The van der Waals surface area contributed by atoms with Crippen LogP contribution in [0, 0.1) is 0 Å². The number of hydrogen-bond acceptors (Lipinski definition) is 2. The van der Waals surface area contributed by atoms with Crippen LogP contribution in [0.3, 0.4) is 0 Å². The zero-order valence-electron chi connectivity index (χ0n) is 8.72. The molecule has 0 saturated heterocycles. The second-order valence-electron chi connectivity index (χ2n) is 2.79. The van der Waals surface area contributed by atoms with E-state index in [9.17, 15) is 4.79 Å². The molecule has 2 nitrogen and oxygen atoms in total. The summed E-state index contributed by atoms with van der Waals surface area (Å²) in [6.45, 7) is 4.90. The van der Waals surface area contributed by atoms with Gasteiger partial charge >= 0.3 is 0 Å². The van der Waals surface area contributed by atoms with Gasteiger partial charge in [0.25, 0.3) is 0 Å². The van der Waals surface area contributed by atoms with E-state index in [1.54, 1.807) is 6.92 Å². The van der Waals surface area contributed by atoms with Gasteiger partial charge in [-0.3, -0.25) is 9.59 Å². The van der Waals surface area contributed by atoms with Gasteiger partial charge in [-0.2, -0.15) is 0 Å². The molecule has 0 amide bonds. The van der Waals surface area contributed by atoms with Crippen molar-refractivity contribution in [3.8, 4) is 0 Å². The second-order valence-corrected chi connectivity index (χ2v) is 2.79. The van der Waals surface area contributed by atoms with E-state index in [1.807, 2.05) is 36.4 Å². The minimum Gasteiger partial charge on any atom is -0.299 e. The van der Waals surface area contributed by atoms with E-state index in [1.165, 1.54) is 6.08 Å².